The lowest BCUT2D eigenvalue weighted by Gasteiger charge is -2.26. The van der Waals surface area contributed by atoms with Crippen LogP contribution in [0.15, 0.2) is 29.2 Å². The van der Waals surface area contributed by atoms with Gasteiger partial charge in [-0.3, -0.25) is 4.18 Å². The lowest BCUT2D eigenvalue weighted by atomic mass is 9.92. The average Bonchev–Trinajstić information content (AvgIpc) is 3.01. The molecule has 1 aromatic rings. The Hall–Kier alpha value is -0.650. The molecule has 262 valence electrons. The number of nitrogens with two attached hydrogens (primary N) is 1. The summed E-state index contributed by atoms with van der Waals surface area (Å²) in [5.74, 6) is 0. The third kappa shape index (κ3) is 30.0. The minimum atomic E-state index is -3.68. The van der Waals surface area contributed by atoms with Crippen LogP contribution in [0.25, 0.3) is 0 Å². The molecule has 0 spiro atoms. The van der Waals surface area contributed by atoms with E-state index in [9.17, 15) is 8.42 Å². The molecule has 0 radical (unpaired) electrons. The van der Waals surface area contributed by atoms with Gasteiger partial charge < -0.3 is 44.6 Å². The molecular weight excluding hydrogens is 639 g/mol. The van der Waals surface area contributed by atoms with Gasteiger partial charge in [-0.25, -0.2) is 0 Å². The molecule has 0 aliphatic heterocycles. The van der Waals surface area contributed by atoms with Crippen molar-refractivity contribution in [3.05, 3.63) is 29.8 Å². The molecule has 15 heteroatoms. The summed E-state index contributed by atoms with van der Waals surface area (Å²) in [7, 11) is 1.19. The van der Waals surface area contributed by atoms with Crippen LogP contribution < -0.4 is 11.1 Å². The fourth-order valence-corrected chi connectivity index (χ4v) is 4.32. The van der Waals surface area contributed by atoms with Crippen molar-refractivity contribution < 1.29 is 46.1 Å². The van der Waals surface area contributed by atoms with Gasteiger partial charge in [-0.1, -0.05) is 17.7 Å². The molecule has 12 nitrogen and oxygen atoms in total. The first-order chi connectivity index (χ1) is 21.2. The normalized spacial score (nSPS) is 16.1. The number of aryl methyl sites for hydroxylation is 1. The Morgan fingerprint density at radius 3 is 1.70 bits per heavy atom. The molecule has 1 saturated carbocycles. The van der Waals surface area contributed by atoms with Crippen molar-refractivity contribution in [1.82, 2.24) is 5.32 Å². The summed E-state index contributed by atoms with van der Waals surface area (Å²) in [6.07, 6.45) is 4.73. The van der Waals surface area contributed by atoms with Gasteiger partial charge in [-0.05, 0) is 44.7 Å². The fourth-order valence-electron chi connectivity index (χ4n) is 3.43. The molecule has 0 atom stereocenters. The van der Waals surface area contributed by atoms with Crippen LogP contribution in [0.4, 0.5) is 0 Å². The highest BCUT2D eigenvalue weighted by Gasteiger charge is 2.17. The minimum absolute atomic E-state index is 0.0000753. The van der Waals surface area contributed by atoms with E-state index in [0.29, 0.717) is 58.3 Å². The molecule has 1 aliphatic carbocycles. The van der Waals surface area contributed by atoms with Crippen molar-refractivity contribution in [2.45, 2.75) is 49.6 Å². The first-order valence-electron chi connectivity index (χ1n) is 14.6. The smallest absolute Gasteiger partial charge is 0.297 e. The number of hydrogen-bond acceptors (Lipinski definition) is 12. The highest BCUT2D eigenvalue weighted by Crippen LogP contribution is 2.16. The largest absolute Gasteiger partial charge is 0.394 e. The molecule has 1 fully saturated rings. The Labute approximate surface area is 275 Å². The predicted molar refractivity (Wildman–Crippen MR) is 174 cm³/mol. The zero-order valence-corrected chi connectivity index (χ0v) is 29.2. The number of methoxy groups -OCH3 is 3. The standard InChI is InChI=1S/C12H18O5S.C11H24N2O2.C5H12O3.CH2Cl2/c1-11-3-5-12(6-4-11)18(13,14)17-10-9-16-8-7-15-2;1-14-8-9-15-7-6-13-11-4-2-10(12)3-5-11;1-7-4-5-8-3-2-6;2-1-3/h3-6H,7-10H2,1-2H3;10-11,13H,2-9,12H2,1H3;6H,2-5H2,1H3;1H2. The van der Waals surface area contributed by atoms with Gasteiger partial charge in [-0.2, -0.15) is 8.42 Å². The molecular formula is C29H56Cl2N2O10S. The van der Waals surface area contributed by atoms with Crippen molar-refractivity contribution >= 4 is 33.3 Å². The first-order valence-corrected chi connectivity index (χ1v) is 17.1. The monoisotopic (exact) mass is 694 g/mol. The van der Waals surface area contributed by atoms with Crippen LogP contribution in [0.5, 0.6) is 0 Å². The second-order valence-corrected chi connectivity index (χ2v) is 11.7. The van der Waals surface area contributed by atoms with Crippen molar-refractivity contribution in [1.29, 1.82) is 0 Å². The van der Waals surface area contributed by atoms with Crippen LogP contribution in [-0.2, 0) is 42.7 Å². The fraction of sp³-hybridized carbons (Fsp3) is 0.793. The van der Waals surface area contributed by atoms with E-state index >= 15 is 0 Å². The van der Waals surface area contributed by atoms with Crippen LogP contribution in [0.3, 0.4) is 0 Å². The second-order valence-electron chi connectivity index (χ2n) is 9.30. The zero-order valence-electron chi connectivity index (χ0n) is 26.8. The van der Waals surface area contributed by atoms with Gasteiger partial charge in [-0.15, -0.1) is 23.2 Å². The number of hydrogen-bond donors (Lipinski definition) is 3. The maximum absolute atomic E-state index is 11.7. The van der Waals surface area contributed by atoms with E-state index in [1.807, 2.05) is 6.92 Å². The maximum atomic E-state index is 11.7. The Kier molecular flexibility index (Phi) is 34.8. The maximum Gasteiger partial charge on any atom is 0.297 e. The summed E-state index contributed by atoms with van der Waals surface area (Å²) in [6, 6.07) is 7.58. The van der Waals surface area contributed by atoms with Crippen molar-refractivity contribution in [2.75, 3.05) is 106 Å². The third-order valence-electron chi connectivity index (χ3n) is 5.76. The Morgan fingerprint density at radius 2 is 1.23 bits per heavy atom. The van der Waals surface area contributed by atoms with E-state index in [1.165, 1.54) is 25.0 Å². The van der Waals surface area contributed by atoms with Crippen LogP contribution in [0.2, 0.25) is 0 Å². The summed E-state index contributed by atoms with van der Waals surface area (Å²) in [5.41, 5.74) is 6.84. The number of aliphatic hydroxyl groups excluding tert-OH is 1. The topological polar surface area (TPSA) is 157 Å². The predicted octanol–water partition coefficient (Wildman–Crippen LogP) is 2.94. The van der Waals surface area contributed by atoms with Crippen molar-refractivity contribution in [3.63, 3.8) is 0 Å². The number of benzene rings is 1. The lowest BCUT2D eigenvalue weighted by Crippen LogP contribution is -2.38. The van der Waals surface area contributed by atoms with Crippen LogP contribution in [0.1, 0.15) is 31.2 Å². The molecule has 0 heterocycles. The molecule has 44 heavy (non-hydrogen) atoms. The van der Waals surface area contributed by atoms with Gasteiger partial charge in [0.05, 0.1) is 82.9 Å². The van der Waals surface area contributed by atoms with Crippen LogP contribution >= 0.6 is 23.2 Å². The number of alkyl halides is 2. The summed E-state index contributed by atoms with van der Waals surface area (Å²) in [6.45, 7) is 7.73. The van der Waals surface area contributed by atoms with E-state index < -0.39 is 10.1 Å². The molecule has 0 unspecified atom stereocenters. The van der Waals surface area contributed by atoms with Crippen LogP contribution in [-0.4, -0.2) is 131 Å². The Bertz CT molecular complexity index is 813. The lowest BCUT2D eigenvalue weighted by molar-refractivity contribution is 0.0500. The molecule has 0 aromatic heterocycles. The number of rotatable bonds is 20. The van der Waals surface area contributed by atoms with Crippen molar-refractivity contribution in [3.8, 4) is 0 Å². The van der Waals surface area contributed by atoms with Gasteiger partial charge >= 0.3 is 0 Å². The van der Waals surface area contributed by atoms with Crippen molar-refractivity contribution in [2.24, 2.45) is 5.73 Å². The molecule has 4 N–H and O–H groups in total. The van der Waals surface area contributed by atoms with Gasteiger partial charge in [0.25, 0.3) is 10.1 Å². The minimum Gasteiger partial charge on any atom is -0.394 e. The summed E-state index contributed by atoms with van der Waals surface area (Å²) >= 11 is 9.53. The van der Waals surface area contributed by atoms with Gasteiger partial charge in [0.15, 0.2) is 0 Å². The Balaban J connectivity index is 0. The molecule has 0 amide bonds. The summed E-state index contributed by atoms with van der Waals surface area (Å²) in [5, 5.41) is 11.9. The Morgan fingerprint density at radius 1 is 0.773 bits per heavy atom. The van der Waals surface area contributed by atoms with E-state index in [0.717, 1.165) is 31.6 Å². The SMILES string of the molecule is COCCOCCNC1CCC(N)CC1.COCCOCCO.COCCOCCOS(=O)(=O)c1ccc(C)cc1.ClCCl. The third-order valence-corrected chi connectivity index (χ3v) is 7.08. The number of nitrogens with one attached hydrogen (secondary N) is 1. The van der Waals surface area contributed by atoms with Gasteiger partial charge in [0.1, 0.15) is 0 Å². The number of halogens is 2. The zero-order chi connectivity index (χ0) is 33.3. The first kappa shape index (κ1) is 45.5. The molecule has 2 rings (SSSR count). The van der Waals surface area contributed by atoms with Crippen LogP contribution in [0, 0.1) is 6.92 Å². The van der Waals surface area contributed by atoms with Gasteiger partial charge in [0.2, 0.25) is 0 Å². The van der Waals surface area contributed by atoms with E-state index in [4.69, 9.17) is 61.9 Å². The second kappa shape index (κ2) is 33.7. The molecule has 1 aromatic carbocycles. The van der Waals surface area contributed by atoms with E-state index in [2.05, 4.69) is 10.1 Å². The number of aliphatic hydroxyl groups is 1. The highest BCUT2D eigenvalue weighted by molar-refractivity contribution is 7.86. The highest BCUT2D eigenvalue weighted by atomic mass is 35.5. The summed E-state index contributed by atoms with van der Waals surface area (Å²) in [4.78, 5) is 0.157. The molecule has 1 aliphatic rings. The summed E-state index contributed by atoms with van der Waals surface area (Å²) < 4.78 is 58.0. The van der Waals surface area contributed by atoms with E-state index in [-0.39, 0.29) is 30.1 Å². The van der Waals surface area contributed by atoms with Gasteiger partial charge in [0, 0.05) is 40.0 Å². The average molecular weight is 696 g/mol. The van der Waals surface area contributed by atoms with E-state index in [1.54, 1.807) is 33.5 Å². The number of ether oxygens (including phenoxy) is 6. The quantitative estimate of drug-likeness (QED) is 0.104. The molecule has 0 saturated heterocycles. The molecule has 0 bridgehead atoms.